The van der Waals surface area contributed by atoms with Crippen LogP contribution < -0.4 is 15.4 Å². The lowest BCUT2D eigenvalue weighted by atomic mass is 9.85. The second kappa shape index (κ2) is 18.4. The van der Waals surface area contributed by atoms with Gasteiger partial charge in [-0.1, -0.05) is 61.5 Å². The molecule has 3 saturated heterocycles. The lowest BCUT2D eigenvalue weighted by Gasteiger charge is -2.43. The zero-order chi connectivity index (χ0) is 46.4. The van der Waals surface area contributed by atoms with E-state index in [1.54, 1.807) is 6.07 Å². The predicted octanol–water partition coefficient (Wildman–Crippen LogP) is 9.24. The van der Waals surface area contributed by atoms with Crippen LogP contribution in [0.4, 0.5) is 24.6 Å². The number of imide groups is 1. The molecule has 1 unspecified atom stereocenters. The topological polar surface area (TPSA) is 97.6 Å². The van der Waals surface area contributed by atoms with Crippen LogP contribution >= 0.6 is 11.6 Å². The molecule has 1 aromatic heterocycles. The first-order valence-corrected chi connectivity index (χ1v) is 23.4. The Labute approximate surface area is 383 Å². The average molecular weight is 912 g/mol. The largest absolute Gasteiger partial charge is 0.368 e. The van der Waals surface area contributed by atoms with E-state index in [0.717, 1.165) is 91.6 Å². The van der Waals surface area contributed by atoms with E-state index in [9.17, 15) is 18.9 Å². The fraction of sp³-hybridized carbons (Fsp3) is 0.460. The number of carbonyl (C=O) groups excluding carboxylic acids is 2. The number of benzene rings is 3. The predicted molar refractivity (Wildman–Crippen MR) is 252 cm³/mol. The third-order valence-corrected chi connectivity index (χ3v) is 13.9. The van der Waals surface area contributed by atoms with Crippen molar-refractivity contribution in [3.8, 4) is 5.69 Å². The molecule has 4 aromatic rings. The minimum Gasteiger partial charge on any atom is -0.368 e. The molecular weight excluding hydrogens is 853 g/mol. The fourth-order valence-electron chi connectivity index (χ4n) is 9.94. The molecule has 1 spiro atoms. The lowest BCUT2D eigenvalue weighted by Crippen LogP contribution is -2.55. The van der Waals surface area contributed by atoms with Gasteiger partial charge in [-0.15, -0.1) is 5.12 Å². The van der Waals surface area contributed by atoms with Gasteiger partial charge in [0.25, 0.3) is 17.4 Å². The molecule has 1 saturated carbocycles. The highest BCUT2D eigenvalue weighted by Gasteiger charge is 2.51. The summed E-state index contributed by atoms with van der Waals surface area (Å²) in [6, 6.07) is 14.6. The summed E-state index contributed by atoms with van der Waals surface area (Å²) in [6.07, 6.45) is 9.86. The Hall–Kier alpha value is -5.47. The summed E-state index contributed by atoms with van der Waals surface area (Å²) in [6.45, 7) is 18.1. The van der Waals surface area contributed by atoms with Crippen LogP contribution in [0.25, 0.3) is 16.6 Å². The van der Waals surface area contributed by atoms with E-state index in [1.807, 2.05) is 37.1 Å². The molecule has 65 heavy (non-hydrogen) atoms. The number of rotatable bonds is 9. The number of nitrogens with zero attached hydrogens (tertiary/aromatic N) is 8. The molecule has 3 aromatic carbocycles. The molecule has 2 amide bonds. The number of amides is 2. The lowest BCUT2D eigenvalue weighted by molar-refractivity contribution is -0.167. The zero-order valence-electron chi connectivity index (χ0n) is 38.1. The molecule has 4 aliphatic heterocycles. The maximum absolute atomic E-state index is 15.4. The van der Waals surface area contributed by atoms with E-state index in [2.05, 4.69) is 82.3 Å². The summed E-state index contributed by atoms with van der Waals surface area (Å²) < 4.78 is 46.9. The number of anilines is 2. The van der Waals surface area contributed by atoms with E-state index in [-0.39, 0.29) is 23.9 Å². The van der Waals surface area contributed by atoms with Crippen molar-refractivity contribution in [1.82, 2.24) is 24.5 Å². The van der Waals surface area contributed by atoms with Crippen molar-refractivity contribution in [1.29, 1.82) is 0 Å². The minimum atomic E-state index is -1.39. The molecular formula is C50H58ClF3N8O3. The number of carbonyl (C=O) groups is 2. The van der Waals surface area contributed by atoms with Gasteiger partial charge in [-0.3, -0.25) is 23.9 Å². The Morgan fingerprint density at radius 2 is 1.65 bits per heavy atom. The standard InChI is InChI=1S/C48H52ClF3N8O3.C2H6/c1-5-6-7-11-40(56-20-18-55(19-21-56)32-24-36(50)42(37(51)25-32)33-13-15-41(61)60(52)45(33)63)53-27-30(2)28-58-23-22-57(29-48(58)16-17-48)31-12-14-34-39(26-31)59-38-10-8-9-35(49)43(38)44(62)54-46(59)47(34,3)4;1-2/h7-12,14,24-27,33H,5-6,13,15-23,28-29H2,1-4H3;1-2H3/b11-7+,30-27+,53-40-;. The number of aliphatic imine (C=N–C) groups is 1. The summed E-state index contributed by atoms with van der Waals surface area (Å²) in [4.78, 5) is 55.9. The summed E-state index contributed by atoms with van der Waals surface area (Å²) in [5, 5.41) is 0.308. The third kappa shape index (κ3) is 8.59. The van der Waals surface area contributed by atoms with Crippen molar-refractivity contribution < 1.29 is 22.9 Å². The number of amidine groups is 1. The molecule has 0 N–H and O–H groups in total. The fourth-order valence-corrected chi connectivity index (χ4v) is 10.2. The minimum absolute atomic E-state index is 0.0789. The summed E-state index contributed by atoms with van der Waals surface area (Å²) in [7, 11) is 0. The maximum Gasteiger partial charge on any atom is 0.282 e. The van der Waals surface area contributed by atoms with E-state index >= 15 is 8.78 Å². The number of aromatic nitrogens is 2. The van der Waals surface area contributed by atoms with Crippen LogP contribution in [0.1, 0.15) is 103 Å². The molecule has 344 valence electrons. The normalized spacial score (nSPS) is 20.7. The molecule has 4 fully saturated rings. The van der Waals surface area contributed by atoms with E-state index in [1.165, 1.54) is 12.1 Å². The second-order valence-electron chi connectivity index (χ2n) is 18.2. The smallest absolute Gasteiger partial charge is 0.282 e. The number of halogens is 4. The number of fused-ring (bicyclic) bond motifs is 5. The van der Waals surface area contributed by atoms with Gasteiger partial charge in [0.1, 0.15) is 23.3 Å². The van der Waals surface area contributed by atoms with Gasteiger partial charge >= 0.3 is 0 Å². The zero-order valence-corrected chi connectivity index (χ0v) is 38.9. The van der Waals surface area contributed by atoms with Crippen LogP contribution in [-0.4, -0.2) is 100 Å². The van der Waals surface area contributed by atoms with Crippen LogP contribution in [0.2, 0.25) is 5.02 Å². The van der Waals surface area contributed by atoms with Gasteiger partial charge in [-0.2, -0.15) is 4.98 Å². The number of piperazine rings is 2. The molecule has 15 heteroatoms. The second-order valence-corrected chi connectivity index (χ2v) is 18.6. The van der Waals surface area contributed by atoms with Gasteiger partial charge in [0.05, 0.1) is 32.9 Å². The molecule has 1 aliphatic carbocycles. The SMILES string of the molecule is CC.CCC/C=C/C(=N/C=C(\C)CN1CCN(c2ccc3c(c2)-n2c(nc(=O)c4c(Cl)cccc42)C3(C)C)CC12CC2)N1CCN(c2cc(F)c(C3CCC(=O)N(F)C3=O)c(F)c2)CC1. The number of unbranched alkanes of at least 4 members (excludes halogenated alkanes) is 1. The van der Waals surface area contributed by atoms with E-state index < -0.39 is 45.5 Å². The number of hydrogen-bond donors (Lipinski definition) is 0. The Morgan fingerprint density at radius 3 is 2.34 bits per heavy atom. The van der Waals surface area contributed by atoms with Crippen LogP contribution in [0, 0.1) is 11.6 Å². The van der Waals surface area contributed by atoms with Crippen LogP contribution in [0.3, 0.4) is 0 Å². The van der Waals surface area contributed by atoms with Gasteiger partial charge < -0.3 is 14.7 Å². The Bertz CT molecular complexity index is 2640. The summed E-state index contributed by atoms with van der Waals surface area (Å²) in [5.74, 6) is -3.93. The molecule has 5 aliphatic rings. The van der Waals surface area contributed by atoms with Gasteiger partial charge in [0, 0.05) is 87.5 Å². The molecule has 0 bridgehead atoms. The van der Waals surface area contributed by atoms with Crippen molar-refractivity contribution in [3.63, 3.8) is 0 Å². The van der Waals surface area contributed by atoms with E-state index in [0.29, 0.717) is 42.3 Å². The Kier molecular flexibility index (Phi) is 13.1. The van der Waals surface area contributed by atoms with Crippen LogP contribution in [0.15, 0.2) is 82.2 Å². The highest BCUT2D eigenvalue weighted by Crippen LogP contribution is 2.48. The molecule has 1 atom stereocenters. The van der Waals surface area contributed by atoms with Crippen molar-refractivity contribution in [2.45, 2.75) is 96.9 Å². The average Bonchev–Trinajstić information content (AvgIpc) is 4.03. The van der Waals surface area contributed by atoms with E-state index in [4.69, 9.17) is 16.6 Å². The molecule has 9 rings (SSSR count). The number of allylic oxidation sites excluding steroid dienone is 1. The highest BCUT2D eigenvalue weighted by molar-refractivity contribution is 6.35. The molecule has 5 heterocycles. The first-order chi connectivity index (χ1) is 31.2. The molecule has 11 nitrogen and oxygen atoms in total. The first kappa shape index (κ1) is 46.1. The van der Waals surface area contributed by atoms with Crippen LogP contribution in [-0.2, 0) is 15.0 Å². The Morgan fingerprint density at radius 1 is 0.938 bits per heavy atom. The van der Waals surface area contributed by atoms with Crippen molar-refractivity contribution >= 4 is 51.5 Å². The number of hydrogen-bond acceptors (Lipinski definition) is 8. The summed E-state index contributed by atoms with van der Waals surface area (Å²) in [5.41, 5.74) is 4.39. The number of piperidine rings is 1. The van der Waals surface area contributed by atoms with Gasteiger partial charge in [-0.25, -0.2) is 13.8 Å². The monoisotopic (exact) mass is 910 g/mol. The van der Waals surface area contributed by atoms with Crippen molar-refractivity contribution in [2.75, 3.05) is 62.2 Å². The quantitative estimate of drug-likeness (QED) is 0.0710. The molecule has 0 radical (unpaired) electrons. The van der Waals surface area contributed by atoms with Crippen LogP contribution in [0.5, 0.6) is 0 Å². The Balaban J connectivity index is 0.00000284. The van der Waals surface area contributed by atoms with Gasteiger partial charge in [0.2, 0.25) is 0 Å². The highest BCUT2D eigenvalue weighted by atomic mass is 35.5. The van der Waals surface area contributed by atoms with Crippen molar-refractivity contribution in [2.24, 2.45) is 4.99 Å². The third-order valence-electron chi connectivity index (χ3n) is 13.6. The maximum atomic E-state index is 15.4. The van der Waals surface area contributed by atoms with Crippen molar-refractivity contribution in [3.05, 3.63) is 116 Å². The first-order valence-electron chi connectivity index (χ1n) is 23.0. The summed E-state index contributed by atoms with van der Waals surface area (Å²) >= 11 is 6.54. The van der Waals surface area contributed by atoms with Gasteiger partial charge in [0.15, 0.2) is 0 Å². The van der Waals surface area contributed by atoms with Gasteiger partial charge in [-0.05, 0) is 100 Å².